The minimum absolute atomic E-state index is 0.148. The van der Waals surface area contributed by atoms with E-state index in [1.807, 2.05) is 0 Å². The Morgan fingerprint density at radius 1 is 0.600 bits per heavy atom. The quantitative estimate of drug-likeness (QED) is 0.613. The standard InChI is InChI=1S/C6H18NSi3/c1-8(2)7(9(3)4)10(5)6/h1-6H3. The second-order valence-electron chi connectivity index (χ2n) is 3.18. The molecule has 0 saturated carbocycles. The van der Waals surface area contributed by atoms with Crippen molar-refractivity contribution in [1.82, 2.24) is 3.90 Å². The summed E-state index contributed by atoms with van der Waals surface area (Å²) in [5.74, 6) is 0. The highest BCUT2D eigenvalue weighted by Gasteiger charge is 2.19. The van der Waals surface area contributed by atoms with Crippen molar-refractivity contribution >= 4 is 26.9 Å². The van der Waals surface area contributed by atoms with Crippen molar-refractivity contribution in [3.63, 3.8) is 0 Å². The topological polar surface area (TPSA) is 3.24 Å². The summed E-state index contributed by atoms with van der Waals surface area (Å²) < 4.78 is 2.81. The summed E-state index contributed by atoms with van der Waals surface area (Å²) in [7, 11) is -0.444. The Bertz CT molecular complexity index is 74.0. The Hall–Kier alpha value is 0.611. The molecule has 0 aromatic heterocycles. The van der Waals surface area contributed by atoms with E-state index in [0.717, 1.165) is 0 Å². The van der Waals surface area contributed by atoms with Gasteiger partial charge in [-0.3, -0.25) is 0 Å². The average molecular weight is 188 g/mol. The van der Waals surface area contributed by atoms with E-state index in [9.17, 15) is 0 Å². The summed E-state index contributed by atoms with van der Waals surface area (Å²) in [6.45, 7) is 14.4. The predicted octanol–water partition coefficient (Wildman–Crippen LogP) is 2.04. The van der Waals surface area contributed by atoms with Crippen molar-refractivity contribution in [2.45, 2.75) is 39.3 Å². The van der Waals surface area contributed by atoms with Crippen molar-refractivity contribution in [1.29, 1.82) is 0 Å². The van der Waals surface area contributed by atoms with Gasteiger partial charge in [-0.15, -0.1) is 0 Å². The van der Waals surface area contributed by atoms with Gasteiger partial charge in [-0.2, -0.15) is 0 Å². The second-order valence-corrected chi connectivity index (χ2v) is 11.5. The van der Waals surface area contributed by atoms with Crippen LogP contribution in [0.4, 0.5) is 0 Å². The SMILES string of the molecule is C[Si](C)N([Si](C)C)[Si](C)C. The summed E-state index contributed by atoms with van der Waals surface area (Å²) >= 11 is 0. The van der Waals surface area contributed by atoms with Crippen LogP contribution >= 0.6 is 0 Å². The van der Waals surface area contributed by atoms with E-state index >= 15 is 0 Å². The number of nitrogens with zero attached hydrogens (tertiary/aromatic N) is 1. The molecule has 0 amide bonds. The Kier molecular flexibility index (Phi) is 4.75. The molecule has 0 unspecified atom stereocenters. The molecule has 0 fully saturated rings. The molecule has 3 radical (unpaired) electrons. The number of hydrogen-bond acceptors (Lipinski definition) is 1. The summed E-state index contributed by atoms with van der Waals surface area (Å²) in [6, 6.07) is 0. The molecule has 0 spiro atoms. The third kappa shape index (κ3) is 3.14. The lowest BCUT2D eigenvalue weighted by Crippen LogP contribution is -2.49. The fourth-order valence-electron chi connectivity index (χ4n) is 1.34. The fraction of sp³-hybridized carbons (Fsp3) is 1.00. The lowest BCUT2D eigenvalue weighted by molar-refractivity contribution is 1.00. The Morgan fingerprint density at radius 2 is 0.800 bits per heavy atom. The van der Waals surface area contributed by atoms with Gasteiger partial charge in [-0.05, 0) is 0 Å². The normalized spacial score (nSPS) is 12.6. The van der Waals surface area contributed by atoms with Crippen molar-refractivity contribution in [2.24, 2.45) is 0 Å². The van der Waals surface area contributed by atoms with E-state index in [1.54, 1.807) is 0 Å². The van der Waals surface area contributed by atoms with Crippen LogP contribution in [0.25, 0.3) is 0 Å². The van der Waals surface area contributed by atoms with E-state index in [1.165, 1.54) is 0 Å². The molecular weight excluding hydrogens is 170 g/mol. The highest BCUT2D eigenvalue weighted by Crippen LogP contribution is 2.02. The highest BCUT2D eigenvalue weighted by molar-refractivity contribution is 6.84. The summed E-state index contributed by atoms with van der Waals surface area (Å²) in [5.41, 5.74) is 0. The zero-order valence-corrected chi connectivity index (χ0v) is 10.9. The predicted molar refractivity (Wildman–Crippen MR) is 54.3 cm³/mol. The molecule has 59 valence electrons. The van der Waals surface area contributed by atoms with Crippen LogP contribution in [0.1, 0.15) is 0 Å². The molecule has 0 aromatic rings. The molecule has 0 atom stereocenters. The van der Waals surface area contributed by atoms with E-state index < -0.39 is 0 Å². The zero-order valence-electron chi connectivity index (χ0n) is 7.95. The van der Waals surface area contributed by atoms with Crippen molar-refractivity contribution in [3.05, 3.63) is 0 Å². The molecule has 0 rings (SSSR count). The van der Waals surface area contributed by atoms with E-state index in [4.69, 9.17) is 0 Å². The van der Waals surface area contributed by atoms with E-state index in [2.05, 4.69) is 43.2 Å². The van der Waals surface area contributed by atoms with Gasteiger partial charge in [0.2, 0.25) is 0 Å². The lowest BCUT2D eigenvalue weighted by Gasteiger charge is -2.31. The van der Waals surface area contributed by atoms with E-state index in [0.29, 0.717) is 0 Å². The zero-order chi connectivity index (χ0) is 8.31. The first-order valence-electron chi connectivity index (χ1n) is 3.67. The van der Waals surface area contributed by atoms with Gasteiger partial charge in [-0.25, -0.2) is 0 Å². The number of hydrogen-bond donors (Lipinski definition) is 0. The minimum atomic E-state index is -0.148. The molecular formula is C6H18NSi3. The minimum Gasteiger partial charge on any atom is -0.371 e. The van der Waals surface area contributed by atoms with Crippen molar-refractivity contribution in [2.75, 3.05) is 0 Å². The fourth-order valence-corrected chi connectivity index (χ4v) is 12.1. The molecule has 0 N–H and O–H groups in total. The van der Waals surface area contributed by atoms with Crippen molar-refractivity contribution < 1.29 is 0 Å². The van der Waals surface area contributed by atoms with Crippen LogP contribution in [0.3, 0.4) is 0 Å². The van der Waals surface area contributed by atoms with Gasteiger partial charge >= 0.3 is 0 Å². The van der Waals surface area contributed by atoms with Crippen LogP contribution in [0.5, 0.6) is 0 Å². The largest absolute Gasteiger partial charge is 0.371 e. The third-order valence-electron chi connectivity index (χ3n) is 1.34. The van der Waals surface area contributed by atoms with Gasteiger partial charge in [-0.1, -0.05) is 39.3 Å². The van der Waals surface area contributed by atoms with Gasteiger partial charge in [0, 0.05) is 0 Å². The van der Waals surface area contributed by atoms with Crippen LogP contribution in [0.2, 0.25) is 39.3 Å². The van der Waals surface area contributed by atoms with Crippen LogP contribution in [-0.4, -0.2) is 30.8 Å². The average Bonchev–Trinajstić information content (AvgIpc) is 1.59. The maximum absolute atomic E-state index is 2.81. The van der Waals surface area contributed by atoms with Crippen molar-refractivity contribution in [3.8, 4) is 0 Å². The number of rotatable bonds is 3. The summed E-state index contributed by atoms with van der Waals surface area (Å²) in [4.78, 5) is 0. The van der Waals surface area contributed by atoms with Gasteiger partial charge in [0.1, 0.15) is 26.9 Å². The first-order valence-corrected chi connectivity index (χ1v) is 11.0. The van der Waals surface area contributed by atoms with Crippen LogP contribution in [0.15, 0.2) is 0 Å². The van der Waals surface area contributed by atoms with E-state index in [-0.39, 0.29) is 26.9 Å². The molecule has 0 saturated heterocycles. The first kappa shape index (κ1) is 10.6. The van der Waals surface area contributed by atoms with Gasteiger partial charge in [0.15, 0.2) is 0 Å². The van der Waals surface area contributed by atoms with Crippen LogP contribution in [0, 0.1) is 0 Å². The maximum atomic E-state index is 2.81. The third-order valence-corrected chi connectivity index (χ3v) is 12.1. The van der Waals surface area contributed by atoms with Crippen LogP contribution < -0.4 is 0 Å². The molecule has 0 aliphatic rings. The summed E-state index contributed by atoms with van der Waals surface area (Å²) in [6.07, 6.45) is 0. The van der Waals surface area contributed by atoms with Gasteiger partial charge < -0.3 is 3.90 Å². The molecule has 1 nitrogen and oxygen atoms in total. The van der Waals surface area contributed by atoms with Gasteiger partial charge in [0.25, 0.3) is 0 Å². The molecule has 10 heavy (non-hydrogen) atoms. The molecule has 0 aromatic carbocycles. The molecule has 0 aliphatic heterocycles. The molecule has 0 aliphatic carbocycles. The Morgan fingerprint density at radius 3 is 0.800 bits per heavy atom. The Labute approximate surface area is 70.5 Å². The molecule has 0 bridgehead atoms. The Balaban J connectivity index is 3.98. The molecule has 4 heteroatoms. The lowest BCUT2D eigenvalue weighted by atomic mass is 11.9. The molecule has 0 heterocycles. The summed E-state index contributed by atoms with van der Waals surface area (Å²) in [5, 5.41) is 0. The smallest absolute Gasteiger partial charge is 0.115 e. The highest BCUT2D eigenvalue weighted by atomic mass is 28.4. The van der Waals surface area contributed by atoms with Crippen LogP contribution in [-0.2, 0) is 0 Å². The monoisotopic (exact) mass is 188 g/mol. The second kappa shape index (κ2) is 4.48. The maximum Gasteiger partial charge on any atom is 0.115 e. The first-order chi connectivity index (χ1) is 4.46. The van der Waals surface area contributed by atoms with Gasteiger partial charge in [0.05, 0.1) is 0 Å².